The van der Waals surface area contributed by atoms with Crippen molar-refractivity contribution in [1.29, 1.82) is 0 Å². The average molecular weight is 605 g/mol. The Morgan fingerprint density at radius 1 is 0.383 bits per heavy atom. The topological polar surface area (TPSA) is 9.23 Å². The first kappa shape index (κ1) is 19.4. The second kappa shape index (κ2) is 10.2. The fourth-order valence-electron chi connectivity index (χ4n) is 7.19. The standard InChI is InChI=1S/C46H28O/c1-2-11-32-28-33(25-20-29(32)10-1)45-39-15-5-3-13-37(39)44(38-14-4-6-16-40(38)45)31-23-21-30(22-24-31)34-26-27-41-35-12-7-8-18-42(35)47-43-19-9-17-36(34)46(41)43/h1-28H/i3D,4D,5D,6D,13D,14D,15D,16D. The lowest BCUT2D eigenvalue weighted by atomic mass is 9.85. The maximum Gasteiger partial charge on any atom is 0.135 e. The highest BCUT2D eigenvalue weighted by Crippen LogP contribution is 2.49. The average Bonchev–Trinajstić information content (AvgIpc) is 3.22. The molecule has 0 bridgehead atoms. The summed E-state index contributed by atoms with van der Waals surface area (Å²) in [5, 5.41) is 4.65. The molecule has 0 radical (unpaired) electrons. The molecule has 0 saturated carbocycles. The van der Waals surface area contributed by atoms with Gasteiger partial charge in [0.15, 0.2) is 0 Å². The second-order valence-electron chi connectivity index (χ2n) is 11.8. The number of fused-ring (bicyclic) bond motifs is 5. The van der Waals surface area contributed by atoms with Crippen LogP contribution in [0.4, 0.5) is 0 Å². The van der Waals surface area contributed by atoms with Gasteiger partial charge in [-0.2, -0.15) is 0 Å². The van der Waals surface area contributed by atoms with Crippen LogP contribution in [0.5, 0.6) is 11.5 Å². The van der Waals surface area contributed by atoms with E-state index in [0.717, 1.165) is 55.3 Å². The van der Waals surface area contributed by atoms with Crippen molar-refractivity contribution in [2.45, 2.75) is 0 Å². The fourth-order valence-corrected chi connectivity index (χ4v) is 7.19. The maximum absolute atomic E-state index is 9.29. The SMILES string of the molecule is [2H]c1c([2H])c([2H])c2c(-c3ccc4ccccc4c3)c3c([2H])c([2H])c([2H])c([2H])c3c(-c3ccc(-c4ccc5c6c(cccc46)Oc4ccccc4-5)cc3)c2c1[2H]. The number of ether oxygens (including phenoxy) is 1. The van der Waals surface area contributed by atoms with Gasteiger partial charge in [0.1, 0.15) is 11.5 Å². The number of hydrogen-bond donors (Lipinski definition) is 0. The molecule has 0 aliphatic carbocycles. The molecule has 0 atom stereocenters. The first-order valence-electron chi connectivity index (χ1n) is 19.5. The first-order chi connectivity index (χ1) is 26.6. The molecule has 0 spiro atoms. The van der Waals surface area contributed by atoms with Crippen LogP contribution < -0.4 is 4.74 Å². The maximum atomic E-state index is 9.29. The van der Waals surface area contributed by atoms with Crippen LogP contribution in [-0.4, -0.2) is 0 Å². The highest BCUT2D eigenvalue weighted by Gasteiger charge is 2.22. The molecule has 0 unspecified atom stereocenters. The highest BCUT2D eigenvalue weighted by molar-refractivity contribution is 6.22. The van der Waals surface area contributed by atoms with Crippen LogP contribution in [0, 0.1) is 0 Å². The smallest absolute Gasteiger partial charge is 0.135 e. The molecule has 0 saturated heterocycles. The fraction of sp³-hybridized carbons (Fsp3) is 0. The Labute approximate surface area is 284 Å². The van der Waals surface area contributed by atoms with Crippen LogP contribution in [0.3, 0.4) is 0 Å². The third kappa shape index (κ3) is 3.97. The molecule has 47 heavy (non-hydrogen) atoms. The monoisotopic (exact) mass is 604 g/mol. The third-order valence-corrected chi connectivity index (χ3v) is 9.30. The predicted octanol–water partition coefficient (Wildman–Crippen LogP) is 13.1. The van der Waals surface area contributed by atoms with Crippen molar-refractivity contribution in [2.75, 3.05) is 0 Å². The lowest BCUT2D eigenvalue weighted by molar-refractivity contribution is 0.487. The number of para-hydroxylation sites is 1. The molecule has 218 valence electrons. The molecule has 0 fully saturated rings. The van der Waals surface area contributed by atoms with E-state index >= 15 is 0 Å². The molecule has 1 aliphatic heterocycles. The molecule has 10 rings (SSSR count). The first-order valence-corrected chi connectivity index (χ1v) is 15.5. The Morgan fingerprint density at radius 2 is 0.957 bits per heavy atom. The summed E-state index contributed by atoms with van der Waals surface area (Å²) in [5.74, 6) is 1.58. The molecular weight excluding hydrogens is 569 g/mol. The summed E-state index contributed by atoms with van der Waals surface area (Å²) in [5.41, 5.74) is 5.77. The van der Waals surface area contributed by atoms with Crippen LogP contribution in [0.15, 0.2) is 170 Å². The second-order valence-corrected chi connectivity index (χ2v) is 11.8. The molecule has 1 heterocycles. The van der Waals surface area contributed by atoms with E-state index in [-0.39, 0.29) is 45.7 Å². The van der Waals surface area contributed by atoms with Gasteiger partial charge in [-0.05, 0) is 94.8 Å². The van der Waals surface area contributed by atoms with Crippen LogP contribution >= 0.6 is 0 Å². The van der Waals surface area contributed by atoms with E-state index in [9.17, 15) is 5.48 Å². The zero-order valence-electron chi connectivity index (χ0n) is 33.0. The summed E-state index contributed by atoms with van der Waals surface area (Å²) in [6, 6.07) is 36.4. The molecular formula is C46H28O. The highest BCUT2D eigenvalue weighted by atomic mass is 16.5. The normalized spacial score (nSPS) is 14.4. The van der Waals surface area contributed by atoms with E-state index in [0.29, 0.717) is 22.3 Å². The van der Waals surface area contributed by atoms with E-state index in [1.165, 1.54) is 0 Å². The minimum Gasteiger partial charge on any atom is -0.456 e. The van der Waals surface area contributed by atoms with Crippen molar-refractivity contribution in [1.82, 2.24) is 0 Å². The summed E-state index contributed by atoms with van der Waals surface area (Å²) in [7, 11) is 0. The van der Waals surface area contributed by atoms with E-state index in [1.807, 2.05) is 97.1 Å². The number of rotatable bonds is 3. The van der Waals surface area contributed by atoms with Crippen LogP contribution in [-0.2, 0) is 0 Å². The van der Waals surface area contributed by atoms with Gasteiger partial charge in [0, 0.05) is 10.9 Å². The van der Waals surface area contributed by atoms with Crippen molar-refractivity contribution in [2.24, 2.45) is 0 Å². The largest absolute Gasteiger partial charge is 0.456 e. The van der Waals surface area contributed by atoms with Crippen molar-refractivity contribution < 1.29 is 15.7 Å². The van der Waals surface area contributed by atoms with E-state index in [2.05, 4.69) is 24.3 Å². The quantitative estimate of drug-likeness (QED) is 0.182. The Morgan fingerprint density at radius 3 is 1.70 bits per heavy atom. The molecule has 1 nitrogen and oxygen atoms in total. The van der Waals surface area contributed by atoms with Gasteiger partial charge >= 0.3 is 0 Å². The van der Waals surface area contributed by atoms with Crippen molar-refractivity contribution in [3.8, 4) is 56.0 Å². The van der Waals surface area contributed by atoms with Crippen LogP contribution in [0.1, 0.15) is 11.0 Å². The van der Waals surface area contributed by atoms with Crippen LogP contribution in [0.2, 0.25) is 0 Å². The van der Waals surface area contributed by atoms with E-state index in [1.54, 1.807) is 0 Å². The third-order valence-electron chi connectivity index (χ3n) is 9.30. The molecule has 9 aromatic carbocycles. The Kier molecular flexibility index (Phi) is 4.19. The molecule has 1 heteroatoms. The molecule has 9 aromatic rings. The zero-order valence-corrected chi connectivity index (χ0v) is 25.0. The van der Waals surface area contributed by atoms with Gasteiger partial charge in [0.2, 0.25) is 0 Å². The van der Waals surface area contributed by atoms with Gasteiger partial charge in [-0.25, -0.2) is 0 Å². The summed E-state index contributed by atoms with van der Waals surface area (Å²) in [4.78, 5) is 0. The van der Waals surface area contributed by atoms with E-state index < -0.39 is 24.2 Å². The summed E-state index contributed by atoms with van der Waals surface area (Å²) < 4.78 is 78.4. The van der Waals surface area contributed by atoms with Crippen molar-refractivity contribution >= 4 is 43.1 Å². The predicted molar refractivity (Wildman–Crippen MR) is 198 cm³/mol. The molecule has 0 aromatic heterocycles. The molecule has 0 amide bonds. The van der Waals surface area contributed by atoms with Gasteiger partial charge in [-0.15, -0.1) is 0 Å². The Hall–Kier alpha value is -6.18. The lowest BCUT2D eigenvalue weighted by Crippen LogP contribution is -1.97. The minimum atomic E-state index is -0.424. The van der Waals surface area contributed by atoms with Gasteiger partial charge in [0.05, 0.1) is 11.0 Å². The number of benzene rings is 9. The lowest BCUT2D eigenvalue weighted by Gasteiger charge is -2.22. The van der Waals surface area contributed by atoms with Crippen molar-refractivity contribution in [3.63, 3.8) is 0 Å². The number of hydrogen-bond acceptors (Lipinski definition) is 1. The van der Waals surface area contributed by atoms with Gasteiger partial charge in [-0.1, -0.05) is 151 Å². The van der Waals surface area contributed by atoms with Crippen LogP contribution in [0.25, 0.3) is 87.6 Å². The summed E-state index contributed by atoms with van der Waals surface area (Å²) in [6.45, 7) is 0. The Balaban J connectivity index is 1.27. The van der Waals surface area contributed by atoms with Gasteiger partial charge < -0.3 is 4.74 Å². The van der Waals surface area contributed by atoms with E-state index in [4.69, 9.17) is 10.2 Å². The Bertz CT molecular complexity index is 3070. The minimum absolute atomic E-state index is 0.192. The van der Waals surface area contributed by atoms with Crippen molar-refractivity contribution in [3.05, 3.63) is 170 Å². The summed E-state index contributed by atoms with van der Waals surface area (Å²) in [6.07, 6.45) is 0. The summed E-state index contributed by atoms with van der Waals surface area (Å²) >= 11 is 0. The zero-order chi connectivity index (χ0) is 37.9. The molecule has 0 N–H and O–H groups in total. The van der Waals surface area contributed by atoms with Gasteiger partial charge in [0.25, 0.3) is 0 Å². The molecule has 1 aliphatic rings. The van der Waals surface area contributed by atoms with Gasteiger partial charge in [-0.3, -0.25) is 0 Å².